The Balaban J connectivity index is 1.76. The summed E-state index contributed by atoms with van der Waals surface area (Å²) in [6.07, 6.45) is 1.39. The second kappa shape index (κ2) is 8.47. The van der Waals surface area contributed by atoms with E-state index in [0.29, 0.717) is 5.56 Å². The number of nitrogens with one attached hydrogen (secondary N) is 2. The quantitative estimate of drug-likeness (QED) is 0.680. The predicted molar refractivity (Wildman–Crippen MR) is 103 cm³/mol. The lowest BCUT2D eigenvalue weighted by Gasteiger charge is -2.10. The van der Waals surface area contributed by atoms with Crippen molar-refractivity contribution in [2.45, 2.75) is 6.92 Å². The van der Waals surface area contributed by atoms with Gasteiger partial charge in [-0.25, -0.2) is 8.78 Å². The van der Waals surface area contributed by atoms with E-state index < -0.39 is 17.5 Å². The van der Waals surface area contributed by atoms with Gasteiger partial charge in [-0.05, 0) is 37.3 Å². The molecule has 0 unspecified atom stereocenters. The second-order valence-corrected chi connectivity index (χ2v) is 6.14. The second-order valence-electron chi connectivity index (χ2n) is 6.14. The van der Waals surface area contributed by atoms with E-state index in [1.54, 1.807) is 6.92 Å². The molecule has 1 heterocycles. The van der Waals surface area contributed by atoms with Crippen LogP contribution in [0.5, 0.6) is 11.5 Å². The summed E-state index contributed by atoms with van der Waals surface area (Å²) in [5.74, 6) is -2.17. The Labute approximate surface area is 165 Å². The van der Waals surface area contributed by atoms with Gasteiger partial charge < -0.3 is 15.4 Å². The van der Waals surface area contributed by atoms with Crippen LogP contribution >= 0.6 is 0 Å². The van der Waals surface area contributed by atoms with Gasteiger partial charge in [-0.15, -0.1) is 0 Å². The van der Waals surface area contributed by atoms with Crippen molar-refractivity contribution < 1.29 is 23.1 Å². The molecular formula is C21H17F2N3O3. The monoisotopic (exact) mass is 397 g/mol. The standard InChI is InChI=1S/C21H17F2N3O3/c1-12-3-5-16(22)15(9-12)20(27)26-18-6-4-13(10-17(18)23)29-14-7-8-25-19(11-14)21(28)24-2/h3-11H,1-2H3,(H,24,28)(H,26,27). The molecule has 2 aromatic carbocycles. The fraction of sp³-hybridized carbons (Fsp3) is 0.0952. The summed E-state index contributed by atoms with van der Waals surface area (Å²) in [5.41, 5.74) is 0.552. The van der Waals surface area contributed by atoms with Crippen molar-refractivity contribution in [3.63, 3.8) is 0 Å². The van der Waals surface area contributed by atoms with Crippen LogP contribution < -0.4 is 15.4 Å². The Bertz CT molecular complexity index is 1090. The number of aryl methyl sites for hydroxylation is 1. The summed E-state index contributed by atoms with van der Waals surface area (Å²) < 4.78 is 33.8. The van der Waals surface area contributed by atoms with E-state index in [0.717, 1.165) is 6.07 Å². The van der Waals surface area contributed by atoms with Crippen molar-refractivity contribution in [2.24, 2.45) is 0 Å². The molecule has 0 spiro atoms. The number of carbonyl (C=O) groups is 2. The van der Waals surface area contributed by atoms with Crippen LogP contribution in [0.1, 0.15) is 26.4 Å². The summed E-state index contributed by atoms with van der Waals surface area (Å²) in [6, 6.07) is 10.8. The Kier molecular flexibility index (Phi) is 5.82. The van der Waals surface area contributed by atoms with E-state index in [-0.39, 0.29) is 34.4 Å². The highest BCUT2D eigenvalue weighted by Gasteiger charge is 2.15. The first-order valence-electron chi connectivity index (χ1n) is 8.60. The van der Waals surface area contributed by atoms with Crippen molar-refractivity contribution in [3.8, 4) is 11.5 Å². The molecule has 0 aliphatic carbocycles. The van der Waals surface area contributed by atoms with Crippen LogP contribution in [0, 0.1) is 18.6 Å². The number of pyridine rings is 1. The first-order chi connectivity index (χ1) is 13.9. The van der Waals surface area contributed by atoms with Gasteiger partial charge in [-0.1, -0.05) is 11.6 Å². The van der Waals surface area contributed by atoms with Gasteiger partial charge in [0.1, 0.15) is 28.8 Å². The van der Waals surface area contributed by atoms with Gasteiger partial charge in [0, 0.05) is 25.4 Å². The van der Waals surface area contributed by atoms with Crippen LogP contribution in [-0.2, 0) is 0 Å². The van der Waals surface area contributed by atoms with Crippen molar-refractivity contribution in [2.75, 3.05) is 12.4 Å². The first-order valence-corrected chi connectivity index (χ1v) is 8.60. The number of carbonyl (C=O) groups excluding carboxylic acids is 2. The van der Waals surface area contributed by atoms with E-state index >= 15 is 0 Å². The molecule has 6 nitrogen and oxygen atoms in total. The Hall–Kier alpha value is -3.81. The molecule has 0 bridgehead atoms. The molecule has 0 atom stereocenters. The molecule has 2 amide bonds. The lowest BCUT2D eigenvalue weighted by Crippen LogP contribution is -2.18. The zero-order chi connectivity index (χ0) is 21.0. The van der Waals surface area contributed by atoms with Crippen LogP contribution in [0.2, 0.25) is 0 Å². The number of halogens is 2. The molecule has 0 saturated carbocycles. The number of rotatable bonds is 5. The summed E-state index contributed by atoms with van der Waals surface area (Å²) in [6.45, 7) is 1.72. The maximum absolute atomic E-state index is 14.4. The van der Waals surface area contributed by atoms with Crippen LogP contribution in [0.3, 0.4) is 0 Å². The molecule has 3 aromatic rings. The first kappa shape index (κ1) is 19.9. The molecule has 0 saturated heterocycles. The molecule has 3 rings (SSSR count). The molecule has 148 valence electrons. The van der Waals surface area contributed by atoms with E-state index in [1.807, 2.05) is 0 Å². The van der Waals surface area contributed by atoms with Gasteiger partial charge >= 0.3 is 0 Å². The zero-order valence-corrected chi connectivity index (χ0v) is 15.6. The zero-order valence-electron chi connectivity index (χ0n) is 15.6. The van der Waals surface area contributed by atoms with E-state index in [1.165, 1.54) is 55.7 Å². The van der Waals surface area contributed by atoms with Crippen molar-refractivity contribution in [1.82, 2.24) is 10.3 Å². The topological polar surface area (TPSA) is 80.3 Å². The molecule has 0 aliphatic rings. The number of benzene rings is 2. The lowest BCUT2D eigenvalue weighted by atomic mass is 10.1. The molecule has 0 aliphatic heterocycles. The number of aromatic nitrogens is 1. The predicted octanol–water partition coefficient (Wildman–Crippen LogP) is 4.07. The van der Waals surface area contributed by atoms with E-state index in [2.05, 4.69) is 15.6 Å². The minimum absolute atomic E-state index is 0.121. The highest BCUT2D eigenvalue weighted by atomic mass is 19.1. The molecular weight excluding hydrogens is 380 g/mol. The minimum Gasteiger partial charge on any atom is -0.457 e. The van der Waals surface area contributed by atoms with Crippen LogP contribution in [0.25, 0.3) is 0 Å². The van der Waals surface area contributed by atoms with Crippen molar-refractivity contribution in [1.29, 1.82) is 0 Å². The van der Waals surface area contributed by atoms with E-state index in [4.69, 9.17) is 4.74 Å². The maximum atomic E-state index is 14.4. The Morgan fingerprint density at radius 2 is 1.69 bits per heavy atom. The molecule has 0 radical (unpaired) electrons. The number of ether oxygens (including phenoxy) is 1. The number of anilines is 1. The number of nitrogens with zero attached hydrogens (tertiary/aromatic N) is 1. The van der Waals surface area contributed by atoms with Gasteiger partial charge in [-0.2, -0.15) is 0 Å². The fourth-order valence-corrected chi connectivity index (χ4v) is 2.53. The Morgan fingerprint density at radius 1 is 0.931 bits per heavy atom. The number of hydrogen-bond acceptors (Lipinski definition) is 4. The molecule has 2 N–H and O–H groups in total. The molecule has 8 heteroatoms. The minimum atomic E-state index is -0.761. The molecule has 1 aromatic heterocycles. The number of amides is 2. The van der Waals surface area contributed by atoms with Gasteiger partial charge in [0.2, 0.25) is 0 Å². The number of hydrogen-bond donors (Lipinski definition) is 2. The summed E-state index contributed by atoms with van der Waals surface area (Å²) in [5, 5.41) is 4.79. The third-order valence-electron chi connectivity index (χ3n) is 3.98. The summed E-state index contributed by atoms with van der Waals surface area (Å²) in [7, 11) is 1.47. The largest absolute Gasteiger partial charge is 0.457 e. The molecule has 29 heavy (non-hydrogen) atoms. The molecule has 0 fully saturated rings. The van der Waals surface area contributed by atoms with Crippen molar-refractivity contribution in [3.05, 3.63) is 83.2 Å². The van der Waals surface area contributed by atoms with Crippen molar-refractivity contribution >= 4 is 17.5 Å². The van der Waals surface area contributed by atoms with Gasteiger partial charge in [0.25, 0.3) is 11.8 Å². The van der Waals surface area contributed by atoms with E-state index in [9.17, 15) is 18.4 Å². The average Bonchev–Trinajstić information content (AvgIpc) is 2.71. The smallest absolute Gasteiger partial charge is 0.269 e. The maximum Gasteiger partial charge on any atom is 0.269 e. The fourth-order valence-electron chi connectivity index (χ4n) is 2.53. The van der Waals surface area contributed by atoms with Gasteiger partial charge in [-0.3, -0.25) is 14.6 Å². The Morgan fingerprint density at radius 3 is 2.41 bits per heavy atom. The summed E-state index contributed by atoms with van der Waals surface area (Å²) >= 11 is 0. The average molecular weight is 397 g/mol. The van der Waals surface area contributed by atoms with Crippen LogP contribution in [0.4, 0.5) is 14.5 Å². The van der Waals surface area contributed by atoms with Crippen LogP contribution in [0.15, 0.2) is 54.7 Å². The third-order valence-corrected chi connectivity index (χ3v) is 3.98. The van der Waals surface area contributed by atoms with Gasteiger partial charge in [0.05, 0.1) is 11.3 Å². The highest BCUT2D eigenvalue weighted by Crippen LogP contribution is 2.26. The highest BCUT2D eigenvalue weighted by molar-refractivity contribution is 6.04. The third kappa shape index (κ3) is 4.73. The summed E-state index contributed by atoms with van der Waals surface area (Å²) in [4.78, 5) is 27.8. The van der Waals surface area contributed by atoms with Gasteiger partial charge in [0.15, 0.2) is 0 Å². The lowest BCUT2D eigenvalue weighted by molar-refractivity contribution is 0.0957. The normalized spacial score (nSPS) is 10.3. The SMILES string of the molecule is CNC(=O)c1cc(Oc2ccc(NC(=O)c3cc(C)ccc3F)c(F)c2)ccn1. The van der Waals surface area contributed by atoms with Crippen LogP contribution in [-0.4, -0.2) is 23.8 Å².